The predicted molar refractivity (Wildman–Crippen MR) is 62.8 cm³/mol. The molecule has 0 radical (unpaired) electrons. The van der Waals surface area contributed by atoms with E-state index in [2.05, 4.69) is 41.0 Å². The Morgan fingerprint density at radius 2 is 2.29 bits per heavy atom. The molecule has 0 saturated carbocycles. The Morgan fingerprint density at radius 1 is 1.43 bits per heavy atom. The Bertz CT molecular complexity index is 434. The van der Waals surface area contributed by atoms with Crippen molar-refractivity contribution >= 4 is 22.7 Å². The molecule has 0 bridgehead atoms. The molecule has 2 nitrogen and oxygen atoms in total. The van der Waals surface area contributed by atoms with E-state index in [0.717, 1.165) is 6.54 Å². The third-order valence-electron chi connectivity index (χ3n) is 2.34. The fraction of sp³-hybridized carbons (Fsp3) is 0.273. The normalized spacial score (nSPS) is 11.0. The molecule has 0 atom stereocenters. The van der Waals surface area contributed by atoms with Crippen LogP contribution in [0.1, 0.15) is 5.56 Å². The summed E-state index contributed by atoms with van der Waals surface area (Å²) >= 11 is 1.80. The van der Waals surface area contributed by atoms with Crippen molar-refractivity contribution in [1.82, 2.24) is 10.3 Å². The number of aromatic nitrogens is 1. The molecule has 3 heteroatoms. The van der Waals surface area contributed by atoms with E-state index in [9.17, 15) is 0 Å². The zero-order valence-corrected chi connectivity index (χ0v) is 9.24. The van der Waals surface area contributed by atoms with E-state index < -0.39 is 0 Å². The molecule has 1 aromatic heterocycles. The molecule has 74 valence electrons. The van der Waals surface area contributed by atoms with Gasteiger partial charge in [-0.25, -0.2) is 0 Å². The lowest BCUT2D eigenvalue weighted by Crippen LogP contribution is -2.04. The van der Waals surface area contributed by atoms with Crippen LogP contribution in [-0.4, -0.2) is 18.3 Å². The number of nitrogens with one attached hydrogen (secondary N) is 2. The summed E-state index contributed by atoms with van der Waals surface area (Å²) < 4.78 is 0. The summed E-state index contributed by atoms with van der Waals surface area (Å²) in [5.41, 5.74) is 2.56. The van der Waals surface area contributed by atoms with Gasteiger partial charge in [-0.15, -0.1) is 11.8 Å². The highest BCUT2D eigenvalue weighted by Crippen LogP contribution is 2.28. The molecule has 0 aliphatic rings. The number of rotatable bonds is 3. The molecule has 2 rings (SSSR count). The molecule has 0 aliphatic carbocycles. The van der Waals surface area contributed by atoms with Gasteiger partial charge in [0.15, 0.2) is 0 Å². The van der Waals surface area contributed by atoms with Gasteiger partial charge < -0.3 is 10.3 Å². The van der Waals surface area contributed by atoms with E-state index in [0.29, 0.717) is 0 Å². The number of fused-ring (bicyclic) bond motifs is 1. The summed E-state index contributed by atoms with van der Waals surface area (Å²) in [4.78, 5) is 4.64. The van der Waals surface area contributed by atoms with E-state index in [4.69, 9.17) is 0 Å². The summed E-state index contributed by atoms with van der Waals surface area (Å²) in [5.74, 6) is 0. The molecule has 2 aromatic rings. The first-order valence-electron chi connectivity index (χ1n) is 4.64. The first-order valence-corrected chi connectivity index (χ1v) is 5.87. The van der Waals surface area contributed by atoms with Crippen LogP contribution in [0.25, 0.3) is 10.9 Å². The molecular formula is C11H14N2S. The number of H-pyrrole nitrogens is 1. The molecule has 2 N–H and O–H groups in total. The Hall–Kier alpha value is -0.930. The standard InChI is InChI=1S/C11H14N2S/c1-12-6-8-7-13-9-4-3-5-10(14-2)11(8)9/h3-5,7,12-13H,6H2,1-2H3. The maximum absolute atomic E-state index is 3.29. The van der Waals surface area contributed by atoms with Crippen molar-refractivity contribution in [2.75, 3.05) is 13.3 Å². The lowest BCUT2D eigenvalue weighted by Gasteiger charge is -2.02. The van der Waals surface area contributed by atoms with Gasteiger partial charge in [-0.1, -0.05) is 6.07 Å². The van der Waals surface area contributed by atoms with Gasteiger partial charge in [0.1, 0.15) is 0 Å². The highest BCUT2D eigenvalue weighted by atomic mass is 32.2. The minimum absolute atomic E-state index is 0.914. The summed E-state index contributed by atoms with van der Waals surface area (Å²) in [6, 6.07) is 6.38. The van der Waals surface area contributed by atoms with Crippen molar-refractivity contribution in [2.24, 2.45) is 0 Å². The van der Waals surface area contributed by atoms with Gasteiger partial charge in [0, 0.05) is 28.5 Å². The van der Waals surface area contributed by atoms with Crippen molar-refractivity contribution in [3.63, 3.8) is 0 Å². The fourth-order valence-corrected chi connectivity index (χ4v) is 2.38. The van der Waals surface area contributed by atoms with Crippen molar-refractivity contribution in [2.45, 2.75) is 11.4 Å². The summed E-state index contributed by atoms with van der Waals surface area (Å²) in [6.45, 7) is 0.914. The first-order chi connectivity index (χ1) is 6.86. The SMILES string of the molecule is CNCc1c[nH]c2cccc(SC)c12. The van der Waals surface area contributed by atoms with Crippen LogP contribution in [-0.2, 0) is 6.54 Å². The van der Waals surface area contributed by atoms with Gasteiger partial charge in [0.05, 0.1) is 0 Å². The van der Waals surface area contributed by atoms with Crippen LogP contribution < -0.4 is 5.32 Å². The number of thioether (sulfide) groups is 1. The Morgan fingerprint density at radius 3 is 3.00 bits per heavy atom. The van der Waals surface area contributed by atoms with Gasteiger partial charge in [-0.3, -0.25) is 0 Å². The highest BCUT2D eigenvalue weighted by molar-refractivity contribution is 7.98. The van der Waals surface area contributed by atoms with Crippen LogP contribution in [0, 0.1) is 0 Å². The van der Waals surface area contributed by atoms with Gasteiger partial charge in [0.25, 0.3) is 0 Å². The molecule has 1 heterocycles. The second-order valence-corrected chi connectivity index (χ2v) is 4.08. The second-order valence-electron chi connectivity index (χ2n) is 3.23. The maximum atomic E-state index is 3.29. The van der Waals surface area contributed by atoms with Crippen LogP contribution >= 0.6 is 11.8 Å². The zero-order chi connectivity index (χ0) is 9.97. The van der Waals surface area contributed by atoms with E-state index in [1.165, 1.54) is 21.4 Å². The quantitative estimate of drug-likeness (QED) is 0.755. The predicted octanol–water partition coefficient (Wildman–Crippen LogP) is 2.61. The summed E-state index contributed by atoms with van der Waals surface area (Å²) in [7, 11) is 1.97. The van der Waals surface area contributed by atoms with Crippen molar-refractivity contribution in [3.8, 4) is 0 Å². The van der Waals surface area contributed by atoms with Gasteiger partial charge in [0.2, 0.25) is 0 Å². The summed E-state index contributed by atoms with van der Waals surface area (Å²) in [6.07, 6.45) is 4.20. The van der Waals surface area contributed by atoms with Crippen molar-refractivity contribution in [3.05, 3.63) is 30.0 Å². The highest BCUT2D eigenvalue weighted by Gasteiger charge is 2.06. The number of benzene rings is 1. The van der Waals surface area contributed by atoms with Crippen LogP contribution in [0.4, 0.5) is 0 Å². The van der Waals surface area contributed by atoms with Gasteiger partial charge >= 0.3 is 0 Å². The van der Waals surface area contributed by atoms with E-state index in [1.807, 2.05) is 7.05 Å². The molecule has 0 spiro atoms. The lowest BCUT2D eigenvalue weighted by molar-refractivity contribution is 0.822. The minimum Gasteiger partial charge on any atom is -0.361 e. The fourth-order valence-electron chi connectivity index (χ4n) is 1.72. The van der Waals surface area contributed by atoms with E-state index in [-0.39, 0.29) is 0 Å². The van der Waals surface area contributed by atoms with Gasteiger partial charge in [-0.05, 0) is 31.0 Å². The molecule has 0 aliphatic heterocycles. The topological polar surface area (TPSA) is 27.8 Å². The molecule has 0 unspecified atom stereocenters. The van der Waals surface area contributed by atoms with Crippen molar-refractivity contribution in [1.29, 1.82) is 0 Å². The van der Waals surface area contributed by atoms with Crippen LogP contribution in [0.2, 0.25) is 0 Å². The first kappa shape index (κ1) is 9.62. The largest absolute Gasteiger partial charge is 0.361 e. The molecule has 1 aromatic carbocycles. The molecular weight excluding hydrogens is 192 g/mol. The Kier molecular flexibility index (Phi) is 2.79. The summed E-state index contributed by atoms with van der Waals surface area (Å²) in [5, 5.41) is 4.54. The Labute approximate surface area is 88.1 Å². The molecule has 0 saturated heterocycles. The Balaban J connectivity index is 2.62. The average Bonchev–Trinajstić information content (AvgIpc) is 2.62. The van der Waals surface area contributed by atoms with Gasteiger partial charge in [-0.2, -0.15) is 0 Å². The van der Waals surface area contributed by atoms with E-state index in [1.54, 1.807) is 11.8 Å². The maximum Gasteiger partial charge on any atom is 0.0468 e. The monoisotopic (exact) mass is 206 g/mol. The molecule has 0 amide bonds. The van der Waals surface area contributed by atoms with Crippen LogP contribution in [0.3, 0.4) is 0 Å². The third kappa shape index (κ3) is 1.53. The minimum atomic E-state index is 0.914. The van der Waals surface area contributed by atoms with Crippen molar-refractivity contribution < 1.29 is 0 Å². The lowest BCUT2D eigenvalue weighted by atomic mass is 10.2. The second kappa shape index (κ2) is 4.07. The molecule has 14 heavy (non-hydrogen) atoms. The number of hydrogen-bond donors (Lipinski definition) is 2. The van der Waals surface area contributed by atoms with Crippen LogP contribution in [0.15, 0.2) is 29.3 Å². The molecule has 0 fully saturated rings. The van der Waals surface area contributed by atoms with Crippen LogP contribution in [0.5, 0.6) is 0 Å². The average molecular weight is 206 g/mol. The number of aromatic amines is 1. The third-order valence-corrected chi connectivity index (χ3v) is 3.12. The van der Waals surface area contributed by atoms with E-state index >= 15 is 0 Å². The number of hydrogen-bond acceptors (Lipinski definition) is 2. The smallest absolute Gasteiger partial charge is 0.0468 e. The zero-order valence-electron chi connectivity index (χ0n) is 8.42.